The molecule has 48 valence electrons. The Hall–Kier alpha value is 0. The van der Waals surface area contributed by atoms with Gasteiger partial charge in [-0.3, -0.25) is 0 Å². The Morgan fingerprint density at radius 2 is 1.25 bits per heavy atom. The first-order valence-corrected chi connectivity index (χ1v) is 3.72. The zero-order chi connectivity index (χ0) is 6.15. The van der Waals surface area contributed by atoms with Crippen molar-refractivity contribution in [3.63, 3.8) is 0 Å². The van der Waals surface area contributed by atoms with E-state index in [1.54, 1.807) is 0 Å². The van der Waals surface area contributed by atoms with Crippen LogP contribution < -0.4 is 0 Å². The maximum atomic E-state index is 2.38. The van der Waals surface area contributed by atoms with Crippen LogP contribution in [0.25, 0.3) is 0 Å². The fraction of sp³-hybridized carbons (Fsp3) is 1.00. The molecule has 0 unspecified atom stereocenters. The van der Waals surface area contributed by atoms with Crippen LogP contribution >= 0.6 is 0 Å². The molecule has 0 amide bonds. The quantitative estimate of drug-likeness (QED) is 0.452. The van der Waals surface area contributed by atoms with Crippen LogP contribution in [0.1, 0.15) is 33.6 Å². The van der Waals surface area contributed by atoms with Crippen molar-refractivity contribution in [3.8, 4) is 0 Å². The summed E-state index contributed by atoms with van der Waals surface area (Å²) in [6.07, 6.45) is 2.92. The molecular weight excluding hydrogens is 96.1 g/mol. The predicted octanol–water partition coefficient (Wildman–Crippen LogP) is 2.69. The highest BCUT2D eigenvalue weighted by atomic mass is 14.3. The second kappa shape index (κ2) is 2.08. The third kappa shape index (κ3) is 0.888. The van der Waals surface area contributed by atoms with Gasteiger partial charge in [0.2, 0.25) is 0 Å². The van der Waals surface area contributed by atoms with E-state index >= 15 is 0 Å². The van der Waals surface area contributed by atoms with Crippen molar-refractivity contribution in [1.29, 1.82) is 0 Å². The molecule has 0 spiro atoms. The van der Waals surface area contributed by atoms with Crippen LogP contribution in [0.2, 0.25) is 0 Å². The summed E-state index contributed by atoms with van der Waals surface area (Å²) in [6, 6.07) is 0. The van der Waals surface area contributed by atoms with Crippen molar-refractivity contribution in [3.05, 3.63) is 0 Å². The van der Waals surface area contributed by atoms with Gasteiger partial charge in [-0.15, -0.1) is 0 Å². The molecule has 1 saturated carbocycles. The maximum absolute atomic E-state index is 2.38. The first kappa shape index (κ1) is 6.12. The van der Waals surface area contributed by atoms with Crippen LogP contribution in [0.5, 0.6) is 0 Å². The smallest absolute Gasteiger partial charge is 0.0391 e. The number of hydrogen-bond acceptors (Lipinski definition) is 0. The molecule has 0 nitrogen and oxygen atoms in total. The average Bonchev–Trinajstić information content (AvgIpc) is 1.98. The van der Waals surface area contributed by atoms with Gasteiger partial charge in [0.05, 0.1) is 0 Å². The Morgan fingerprint density at radius 3 is 1.38 bits per heavy atom. The summed E-state index contributed by atoms with van der Waals surface area (Å²) in [7, 11) is 0. The van der Waals surface area contributed by atoms with Crippen molar-refractivity contribution in [2.75, 3.05) is 0 Å². The van der Waals surface area contributed by atoms with Gasteiger partial charge in [0.25, 0.3) is 0 Å². The van der Waals surface area contributed by atoms with E-state index in [9.17, 15) is 0 Å². The average molecular weight is 112 g/mol. The van der Waals surface area contributed by atoms with Gasteiger partial charge < -0.3 is 0 Å². The van der Waals surface area contributed by atoms with Gasteiger partial charge in [-0.2, -0.15) is 0 Å². The van der Waals surface area contributed by atoms with Gasteiger partial charge in [0.1, 0.15) is 0 Å². The SMILES string of the molecule is CC1[C@@H](C)CC[C@@H]1C. The van der Waals surface area contributed by atoms with Gasteiger partial charge in [0.15, 0.2) is 0 Å². The third-order valence-corrected chi connectivity index (χ3v) is 2.87. The lowest BCUT2D eigenvalue weighted by atomic mass is 9.94. The first-order chi connectivity index (χ1) is 3.72. The van der Waals surface area contributed by atoms with E-state index in [1.165, 1.54) is 12.8 Å². The monoisotopic (exact) mass is 112 g/mol. The lowest BCUT2D eigenvalue weighted by molar-refractivity contribution is 0.380. The zero-order valence-corrected chi connectivity index (χ0v) is 6.15. The molecule has 0 N–H and O–H groups in total. The summed E-state index contributed by atoms with van der Waals surface area (Å²) in [5.74, 6) is 2.96. The van der Waals surface area contributed by atoms with E-state index in [4.69, 9.17) is 0 Å². The van der Waals surface area contributed by atoms with Crippen molar-refractivity contribution >= 4 is 0 Å². The lowest BCUT2D eigenvalue weighted by Gasteiger charge is -2.11. The molecule has 0 saturated heterocycles. The van der Waals surface area contributed by atoms with Crippen LogP contribution in [0.4, 0.5) is 0 Å². The molecule has 0 bridgehead atoms. The van der Waals surface area contributed by atoms with Crippen molar-refractivity contribution in [1.82, 2.24) is 0 Å². The molecule has 0 radical (unpaired) electrons. The van der Waals surface area contributed by atoms with Gasteiger partial charge in [-0.05, 0) is 17.8 Å². The van der Waals surface area contributed by atoms with E-state index in [0.717, 1.165) is 17.8 Å². The van der Waals surface area contributed by atoms with Gasteiger partial charge in [-0.1, -0.05) is 33.6 Å². The fourth-order valence-electron chi connectivity index (χ4n) is 1.61. The molecule has 2 atom stereocenters. The Balaban J connectivity index is 2.44. The van der Waals surface area contributed by atoms with E-state index in [1.807, 2.05) is 0 Å². The standard InChI is InChI=1S/C8H16/c1-6-4-5-7(2)8(6)3/h6-8H,4-5H2,1-3H3/t6-,7-/m0/s1. The lowest BCUT2D eigenvalue weighted by Crippen LogP contribution is -2.04. The Bertz CT molecular complexity index is 66.1. The molecule has 0 heteroatoms. The molecule has 0 aromatic heterocycles. The van der Waals surface area contributed by atoms with Crippen LogP contribution in [0, 0.1) is 17.8 Å². The van der Waals surface area contributed by atoms with Crippen LogP contribution in [-0.4, -0.2) is 0 Å². The Kier molecular flexibility index (Phi) is 1.59. The highest BCUT2D eigenvalue weighted by molar-refractivity contribution is 4.75. The first-order valence-electron chi connectivity index (χ1n) is 3.72. The number of hydrogen-bond donors (Lipinski definition) is 0. The van der Waals surface area contributed by atoms with Crippen molar-refractivity contribution in [2.45, 2.75) is 33.6 Å². The van der Waals surface area contributed by atoms with Crippen LogP contribution in [0.15, 0.2) is 0 Å². The minimum absolute atomic E-state index is 0.981. The molecule has 0 aromatic rings. The molecule has 0 heterocycles. The van der Waals surface area contributed by atoms with Crippen LogP contribution in [-0.2, 0) is 0 Å². The summed E-state index contributed by atoms with van der Waals surface area (Å²) in [5.41, 5.74) is 0. The van der Waals surface area contributed by atoms with Crippen molar-refractivity contribution < 1.29 is 0 Å². The van der Waals surface area contributed by atoms with Gasteiger partial charge >= 0.3 is 0 Å². The van der Waals surface area contributed by atoms with Crippen molar-refractivity contribution in [2.24, 2.45) is 17.8 Å². The topological polar surface area (TPSA) is 0 Å². The zero-order valence-electron chi connectivity index (χ0n) is 6.15. The molecule has 8 heavy (non-hydrogen) atoms. The largest absolute Gasteiger partial charge is 0.0622 e. The Labute approximate surface area is 52.3 Å². The number of rotatable bonds is 0. The minimum atomic E-state index is 0.981. The summed E-state index contributed by atoms with van der Waals surface area (Å²) >= 11 is 0. The minimum Gasteiger partial charge on any atom is -0.0622 e. The predicted molar refractivity (Wildman–Crippen MR) is 36.7 cm³/mol. The van der Waals surface area contributed by atoms with E-state index in [2.05, 4.69) is 20.8 Å². The highest BCUT2D eigenvalue weighted by Gasteiger charge is 2.25. The normalized spacial score (nSPS) is 40.9. The molecular formula is C8H16. The fourth-order valence-corrected chi connectivity index (χ4v) is 1.61. The second-order valence-electron chi connectivity index (χ2n) is 3.39. The maximum Gasteiger partial charge on any atom is -0.0391 e. The molecule has 1 rings (SSSR count). The summed E-state index contributed by atoms with van der Waals surface area (Å²) < 4.78 is 0. The molecule has 1 fully saturated rings. The highest BCUT2D eigenvalue weighted by Crippen LogP contribution is 2.35. The summed E-state index contributed by atoms with van der Waals surface area (Å²) in [6.45, 7) is 7.12. The van der Waals surface area contributed by atoms with Crippen LogP contribution in [0.3, 0.4) is 0 Å². The van der Waals surface area contributed by atoms with Gasteiger partial charge in [-0.25, -0.2) is 0 Å². The Morgan fingerprint density at radius 1 is 0.875 bits per heavy atom. The summed E-state index contributed by atoms with van der Waals surface area (Å²) in [5, 5.41) is 0. The van der Waals surface area contributed by atoms with E-state index in [-0.39, 0.29) is 0 Å². The summed E-state index contributed by atoms with van der Waals surface area (Å²) in [4.78, 5) is 0. The molecule has 0 aromatic carbocycles. The molecule has 1 aliphatic carbocycles. The molecule has 0 aliphatic heterocycles. The second-order valence-corrected chi connectivity index (χ2v) is 3.39. The molecule has 1 aliphatic rings. The van der Waals surface area contributed by atoms with Gasteiger partial charge in [0, 0.05) is 0 Å². The van der Waals surface area contributed by atoms with E-state index in [0.29, 0.717) is 0 Å². The third-order valence-electron chi connectivity index (χ3n) is 2.87. The van der Waals surface area contributed by atoms with E-state index < -0.39 is 0 Å².